The van der Waals surface area contributed by atoms with Crippen molar-refractivity contribution in [2.75, 3.05) is 19.5 Å². The van der Waals surface area contributed by atoms with Crippen molar-refractivity contribution in [3.05, 3.63) is 29.8 Å². The number of amides is 1. The molecule has 124 valence electrons. The van der Waals surface area contributed by atoms with Gasteiger partial charge in [0.15, 0.2) is 0 Å². The summed E-state index contributed by atoms with van der Waals surface area (Å²) in [7, 11) is 1.62. The Morgan fingerprint density at radius 1 is 1.30 bits per heavy atom. The van der Waals surface area contributed by atoms with Crippen molar-refractivity contribution in [3.63, 3.8) is 0 Å². The summed E-state index contributed by atoms with van der Waals surface area (Å²) in [5, 5.41) is -0.200. The fourth-order valence-electron chi connectivity index (χ4n) is 2.85. The van der Waals surface area contributed by atoms with Crippen molar-refractivity contribution >= 4 is 23.6 Å². The number of para-hydroxylation sites is 1. The lowest BCUT2D eigenvalue weighted by Gasteiger charge is -2.29. The molecule has 2 atom stereocenters. The van der Waals surface area contributed by atoms with Gasteiger partial charge in [0.25, 0.3) is 0 Å². The summed E-state index contributed by atoms with van der Waals surface area (Å²) in [5.74, 6) is 1.10. The van der Waals surface area contributed by atoms with Crippen molar-refractivity contribution in [1.82, 2.24) is 4.90 Å². The summed E-state index contributed by atoms with van der Waals surface area (Å²) in [6.45, 7) is 2.11. The summed E-state index contributed by atoms with van der Waals surface area (Å²) in [6, 6.07) is 7.15. The predicted molar refractivity (Wildman–Crippen MR) is 88.2 cm³/mol. The molecule has 1 aliphatic heterocycles. The minimum Gasteiger partial charge on any atom is -0.496 e. The molecule has 2 unspecified atom stereocenters. The fourth-order valence-corrected chi connectivity index (χ4v) is 4.29. The Kier molecular flexibility index (Phi) is 4.80. The zero-order chi connectivity index (χ0) is 16.4. The first-order valence-electron chi connectivity index (χ1n) is 7.90. The van der Waals surface area contributed by atoms with Crippen LogP contribution in [0.25, 0.3) is 0 Å². The zero-order valence-corrected chi connectivity index (χ0v) is 14.2. The second kappa shape index (κ2) is 6.83. The number of methoxy groups -OCH3 is 1. The fraction of sp³-hybridized carbons (Fsp3) is 0.529. The van der Waals surface area contributed by atoms with E-state index >= 15 is 0 Å². The van der Waals surface area contributed by atoms with Crippen molar-refractivity contribution in [3.8, 4) is 5.75 Å². The van der Waals surface area contributed by atoms with E-state index in [-0.39, 0.29) is 23.2 Å². The molecule has 1 saturated carbocycles. The van der Waals surface area contributed by atoms with Crippen LogP contribution in [-0.2, 0) is 14.3 Å². The van der Waals surface area contributed by atoms with Crippen LogP contribution in [0.3, 0.4) is 0 Å². The first-order chi connectivity index (χ1) is 11.2. The van der Waals surface area contributed by atoms with Gasteiger partial charge in [0.05, 0.1) is 13.7 Å². The standard InChI is InChI=1S/C17H21NO4S/c1-3-22-17(20)13-10-23-16(18(13)15(19)11-8-9-11)12-6-4-5-7-14(12)21-2/h4-7,11,13,16H,3,8-10H2,1-2H3. The average molecular weight is 335 g/mol. The van der Waals surface area contributed by atoms with Gasteiger partial charge in [-0.1, -0.05) is 18.2 Å². The summed E-state index contributed by atoms with van der Waals surface area (Å²) >= 11 is 1.59. The SMILES string of the molecule is CCOC(=O)C1CSC(c2ccccc2OC)N1C(=O)C1CC1. The maximum absolute atomic E-state index is 12.8. The Bertz CT molecular complexity index is 602. The van der Waals surface area contributed by atoms with E-state index in [9.17, 15) is 9.59 Å². The molecule has 1 heterocycles. The maximum Gasteiger partial charge on any atom is 0.329 e. The molecule has 2 aliphatic rings. The first-order valence-corrected chi connectivity index (χ1v) is 8.95. The highest BCUT2D eigenvalue weighted by Crippen LogP contribution is 2.47. The van der Waals surface area contributed by atoms with Crippen LogP contribution in [0.2, 0.25) is 0 Å². The van der Waals surface area contributed by atoms with Crippen LogP contribution in [0.1, 0.15) is 30.7 Å². The molecule has 0 bridgehead atoms. The van der Waals surface area contributed by atoms with Gasteiger partial charge in [0, 0.05) is 17.2 Å². The molecular formula is C17H21NO4S. The van der Waals surface area contributed by atoms with Crippen molar-refractivity contribution < 1.29 is 19.1 Å². The van der Waals surface area contributed by atoms with E-state index in [1.807, 2.05) is 24.3 Å². The smallest absolute Gasteiger partial charge is 0.329 e. The third-order valence-corrected chi connectivity index (χ3v) is 5.45. The van der Waals surface area contributed by atoms with Gasteiger partial charge in [-0.2, -0.15) is 0 Å². The highest BCUT2D eigenvalue weighted by molar-refractivity contribution is 7.99. The molecule has 1 aromatic rings. The molecule has 1 aliphatic carbocycles. The molecule has 1 aromatic carbocycles. The van der Waals surface area contributed by atoms with Crippen molar-refractivity contribution in [1.29, 1.82) is 0 Å². The Morgan fingerprint density at radius 3 is 2.70 bits per heavy atom. The molecule has 0 radical (unpaired) electrons. The van der Waals surface area contributed by atoms with E-state index in [0.717, 1.165) is 24.2 Å². The quantitative estimate of drug-likeness (QED) is 0.774. The average Bonchev–Trinajstić information content (AvgIpc) is 3.32. The van der Waals surface area contributed by atoms with Crippen LogP contribution in [0.5, 0.6) is 5.75 Å². The van der Waals surface area contributed by atoms with E-state index in [1.54, 1.807) is 30.7 Å². The number of nitrogens with zero attached hydrogens (tertiary/aromatic N) is 1. The number of rotatable bonds is 5. The number of carbonyl (C=O) groups excluding carboxylic acids is 2. The van der Waals surface area contributed by atoms with Gasteiger partial charge in [0.1, 0.15) is 17.2 Å². The van der Waals surface area contributed by atoms with Gasteiger partial charge in [-0.25, -0.2) is 4.79 Å². The van der Waals surface area contributed by atoms with Gasteiger partial charge in [0.2, 0.25) is 5.91 Å². The lowest BCUT2D eigenvalue weighted by molar-refractivity contribution is -0.154. The lowest BCUT2D eigenvalue weighted by Crippen LogP contribution is -2.44. The molecule has 5 nitrogen and oxygen atoms in total. The molecule has 23 heavy (non-hydrogen) atoms. The number of thioether (sulfide) groups is 1. The first kappa shape index (κ1) is 16.2. The molecule has 0 aromatic heterocycles. The highest BCUT2D eigenvalue weighted by Gasteiger charge is 2.47. The Morgan fingerprint density at radius 2 is 2.04 bits per heavy atom. The second-order valence-corrected chi connectivity index (χ2v) is 6.83. The number of hydrogen-bond donors (Lipinski definition) is 0. The summed E-state index contributed by atoms with van der Waals surface area (Å²) in [5.41, 5.74) is 0.931. The molecule has 1 saturated heterocycles. The lowest BCUT2D eigenvalue weighted by atomic mass is 10.1. The van der Waals surface area contributed by atoms with Crippen molar-refractivity contribution in [2.45, 2.75) is 31.2 Å². The topological polar surface area (TPSA) is 55.8 Å². The minimum absolute atomic E-state index is 0.0582. The molecule has 0 spiro atoms. The normalized spacial score (nSPS) is 23.7. The number of ether oxygens (including phenoxy) is 2. The van der Waals surface area contributed by atoms with Crippen LogP contribution in [-0.4, -0.2) is 42.3 Å². The number of carbonyl (C=O) groups is 2. The zero-order valence-electron chi connectivity index (χ0n) is 13.4. The molecule has 2 fully saturated rings. The van der Waals surface area contributed by atoms with Gasteiger partial charge in [-0.15, -0.1) is 11.8 Å². The molecular weight excluding hydrogens is 314 g/mol. The third kappa shape index (κ3) is 3.17. The van der Waals surface area contributed by atoms with Crippen LogP contribution < -0.4 is 4.74 Å². The third-order valence-electron chi connectivity index (χ3n) is 4.15. The van der Waals surface area contributed by atoms with Gasteiger partial charge in [-0.3, -0.25) is 4.79 Å². The number of hydrogen-bond acceptors (Lipinski definition) is 5. The van der Waals surface area contributed by atoms with Crippen LogP contribution >= 0.6 is 11.8 Å². The molecule has 1 amide bonds. The van der Waals surface area contributed by atoms with E-state index < -0.39 is 6.04 Å². The largest absolute Gasteiger partial charge is 0.496 e. The maximum atomic E-state index is 12.8. The van der Waals surface area contributed by atoms with Crippen molar-refractivity contribution in [2.24, 2.45) is 5.92 Å². The van der Waals surface area contributed by atoms with Gasteiger partial charge < -0.3 is 14.4 Å². The molecule has 6 heteroatoms. The van der Waals surface area contributed by atoms with E-state index in [4.69, 9.17) is 9.47 Å². The minimum atomic E-state index is -0.511. The van der Waals surface area contributed by atoms with E-state index in [2.05, 4.69) is 0 Å². The Hall–Kier alpha value is -1.69. The molecule has 3 rings (SSSR count). The van der Waals surface area contributed by atoms with Gasteiger partial charge in [-0.05, 0) is 25.8 Å². The Balaban J connectivity index is 1.92. The van der Waals surface area contributed by atoms with Gasteiger partial charge >= 0.3 is 5.97 Å². The summed E-state index contributed by atoms with van der Waals surface area (Å²) < 4.78 is 10.6. The van der Waals surface area contributed by atoms with Crippen LogP contribution in [0, 0.1) is 5.92 Å². The summed E-state index contributed by atoms with van der Waals surface area (Å²) in [4.78, 5) is 26.8. The molecule has 0 N–H and O–H groups in total. The monoisotopic (exact) mass is 335 g/mol. The van der Waals surface area contributed by atoms with Crippen LogP contribution in [0.15, 0.2) is 24.3 Å². The van der Waals surface area contributed by atoms with E-state index in [0.29, 0.717) is 12.4 Å². The second-order valence-electron chi connectivity index (χ2n) is 5.72. The predicted octanol–water partition coefficient (Wildman–Crippen LogP) is 2.61. The number of esters is 1. The highest BCUT2D eigenvalue weighted by atomic mass is 32.2. The van der Waals surface area contributed by atoms with Crippen LogP contribution in [0.4, 0.5) is 0 Å². The summed E-state index contributed by atoms with van der Waals surface area (Å²) in [6.07, 6.45) is 1.82. The van der Waals surface area contributed by atoms with E-state index in [1.165, 1.54) is 0 Å². The number of benzene rings is 1. The Labute approximate surface area is 140 Å².